The fourth-order valence-corrected chi connectivity index (χ4v) is 4.02. The normalized spacial score (nSPS) is 11.2. The maximum absolute atomic E-state index is 12.8. The van der Waals surface area contributed by atoms with Crippen LogP contribution < -0.4 is 20.9 Å². The van der Waals surface area contributed by atoms with Gasteiger partial charge in [-0.1, -0.05) is 24.3 Å². The van der Waals surface area contributed by atoms with Gasteiger partial charge in [0, 0.05) is 37.3 Å². The molecule has 0 spiro atoms. The fraction of sp³-hybridized carbons (Fsp3) is 0.259. The average Bonchev–Trinajstić information content (AvgIpc) is 3.33. The lowest BCUT2D eigenvalue weighted by Crippen LogP contribution is -2.17. The first-order valence-corrected chi connectivity index (χ1v) is 12.0. The number of benzene rings is 2. The number of nitrogen functional groups attached to an aromatic ring is 1. The number of hydrogen-bond acceptors (Lipinski definition) is 9. The molecule has 0 aliphatic heterocycles. The molecule has 1 atom stereocenters. The van der Waals surface area contributed by atoms with E-state index in [0.29, 0.717) is 41.7 Å². The van der Waals surface area contributed by atoms with E-state index in [1.165, 1.54) is 10.9 Å². The number of aromatic amines is 1. The van der Waals surface area contributed by atoms with Gasteiger partial charge in [-0.25, -0.2) is 4.79 Å². The van der Waals surface area contributed by atoms with Gasteiger partial charge >= 0.3 is 5.69 Å². The largest absolute Gasteiger partial charge is 0.493 e. The lowest BCUT2D eigenvalue weighted by Gasteiger charge is -2.20. The first-order valence-electron chi connectivity index (χ1n) is 12.0. The summed E-state index contributed by atoms with van der Waals surface area (Å²) in [4.78, 5) is 24.7. The van der Waals surface area contributed by atoms with E-state index >= 15 is 0 Å². The SMILES string of the molecule is CC(=O)O.COCc1cc(C(Cc2ccc(C(=N)N)cc2)c2nn(-c3cccnn3)c(=O)[nH]2)cc(OC)c1OC. The summed E-state index contributed by atoms with van der Waals surface area (Å²) in [7, 11) is 4.75. The number of ether oxygens (including phenoxy) is 3. The molecule has 4 aromatic rings. The smallest absolute Gasteiger partial charge is 0.349 e. The zero-order valence-electron chi connectivity index (χ0n) is 22.5. The second-order valence-electron chi connectivity index (χ2n) is 8.54. The van der Waals surface area contributed by atoms with Crippen molar-refractivity contribution in [1.29, 1.82) is 5.41 Å². The molecule has 13 heteroatoms. The van der Waals surface area contributed by atoms with E-state index in [1.54, 1.807) is 45.6 Å². The number of carbonyl (C=O) groups is 1. The van der Waals surface area contributed by atoms with Crippen LogP contribution in [0.15, 0.2) is 59.5 Å². The first-order chi connectivity index (χ1) is 19.2. The second kappa shape index (κ2) is 13.7. The van der Waals surface area contributed by atoms with Crippen molar-refractivity contribution in [3.8, 4) is 17.3 Å². The van der Waals surface area contributed by atoms with Crippen LogP contribution in [0.1, 0.15) is 40.9 Å². The molecule has 0 amide bonds. The molecule has 1 unspecified atom stereocenters. The molecule has 0 saturated heterocycles. The molecule has 2 heterocycles. The molecule has 40 heavy (non-hydrogen) atoms. The van der Waals surface area contributed by atoms with Gasteiger partial charge in [-0.05, 0) is 41.8 Å². The number of hydrogen-bond donors (Lipinski definition) is 4. The van der Waals surface area contributed by atoms with E-state index < -0.39 is 11.7 Å². The summed E-state index contributed by atoms with van der Waals surface area (Å²) in [6.45, 7) is 1.39. The number of methoxy groups -OCH3 is 3. The Labute approximate surface area is 230 Å². The second-order valence-corrected chi connectivity index (χ2v) is 8.54. The van der Waals surface area contributed by atoms with Gasteiger partial charge < -0.3 is 25.1 Å². The minimum atomic E-state index is -0.833. The van der Waals surface area contributed by atoms with Crippen molar-refractivity contribution in [1.82, 2.24) is 25.0 Å². The van der Waals surface area contributed by atoms with E-state index in [-0.39, 0.29) is 11.8 Å². The van der Waals surface area contributed by atoms with Gasteiger partial charge in [-0.2, -0.15) is 9.78 Å². The predicted molar refractivity (Wildman–Crippen MR) is 146 cm³/mol. The van der Waals surface area contributed by atoms with E-state index in [1.807, 2.05) is 24.3 Å². The predicted octanol–water partition coefficient (Wildman–Crippen LogP) is 2.26. The number of amidine groups is 1. The molecule has 2 aromatic carbocycles. The highest BCUT2D eigenvalue weighted by Gasteiger charge is 2.24. The van der Waals surface area contributed by atoms with E-state index in [4.69, 9.17) is 35.3 Å². The molecule has 0 fully saturated rings. The van der Waals surface area contributed by atoms with Gasteiger partial charge in [0.25, 0.3) is 5.97 Å². The highest BCUT2D eigenvalue weighted by Crippen LogP contribution is 2.37. The van der Waals surface area contributed by atoms with Crippen LogP contribution >= 0.6 is 0 Å². The summed E-state index contributed by atoms with van der Waals surface area (Å²) >= 11 is 0. The van der Waals surface area contributed by atoms with Crippen LogP contribution in [0.2, 0.25) is 0 Å². The molecule has 0 aliphatic rings. The Morgan fingerprint density at radius 3 is 2.40 bits per heavy atom. The number of H-pyrrole nitrogens is 1. The van der Waals surface area contributed by atoms with E-state index in [9.17, 15) is 4.79 Å². The minimum Gasteiger partial charge on any atom is -0.493 e. The molecular formula is C27H31N7O6. The van der Waals surface area contributed by atoms with Gasteiger partial charge in [0.05, 0.1) is 20.8 Å². The number of carboxylic acid groups (broad SMARTS) is 1. The third-order valence-electron chi connectivity index (χ3n) is 5.73. The van der Waals surface area contributed by atoms with Crippen LogP contribution in [0.25, 0.3) is 5.82 Å². The number of nitrogens with one attached hydrogen (secondary N) is 2. The zero-order chi connectivity index (χ0) is 29.2. The molecule has 0 bridgehead atoms. The van der Waals surface area contributed by atoms with Crippen molar-refractivity contribution in [2.24, 2.45) is 5.73 Å². The van der Waals surface area contributed by atoms with Crippen molar-refractivity contribution in [2.45, 2.75) is 25.9 Å². The van der Waals surface area contributed by atoms with Gasteiger partial charge in [0.1, 0.15) is 11.7 Å². The van der Waals surface area contributed by atoms with Crippen molar-refractivity contribution >= 4 is 11.8 Å². The van der Waals surface area contributed by atoms with Crippen LogP contribution in [-0.4, -0.2) is 63.2 Å². The Morgan fingerprint density at radius 1 is 1.15 bits per heavy atom. The van der Waals surface area contributed by atoms with E-state index in [2.05, 4.69) is 20.3 Å². The van der Waals surface area contributed by atoms with Crippen molar-refractivity contribution in [3.05, 3.63) is 93.3 Å². The maximum atomic E-state index is 12.8. The summed E-state index contributed by atoms with van der Waals surface area (Å²) in [5.74, 6) is 0.656. The lowest BCUT2D eigenvalue weighted by molar-refractivity contribution is -0.134. The summed E-state index contributed by atoms with van der Waals surface area (Å²) in [6.07, 6.45) is 2.02. The summed E-state index contributed by atoms with van der Waals surface area (Å²) in [5, 5.41) is 27.5. The Hall–Kier alpha value is -5.04. The standard InChI is InChI=1S/C25H27N7O4.C2H4O2/c1-34-14-18-12-17(13-20(35-2)22(18)36-3)19(11-15-6-8-16(9-7-15)23(26)27)24-29-25(33)32(31-24)21-5-4-10-28-30-21;1-2(3)4/h4-10,12-13,19H,11,14H2,1-3H3,(H3,26,27)(H,29,31,33);1H3,(H,3,4). The summed E-state index contributed by atoms with van der Waals surface area (Å²) in [5.41, 5.74) is 8.40. The Bertz CT molecular complexity index is 1500. The number of carboxylic acids is 1. The first kappa shape index (κ1) is 29.5. The molecule has 5 N–H and O–H groups in total. The molecule has 0 aliphatic carbocycles. The van der Waals surface area contributed by atoms with Crippen LogP contribution in [-0.2, 0) is 22.6 Å². The molecule has 4 rings (SSSR count). The highest BCUT2D eigenvalue weighted by molar-refractivity contribution is 5.94. The van der Waals surface area contributed by atoms with Crippen molar-refractivity contribution in [3.63, 3.8) is 0 Å². The zero-order valence-corrected chi connectivity index (χ0v) is 22.5. The third-order valence-corrected chi connectivity index (χ3v) is 5.73. The Morgan fingerprint density at radius 2 is 1.85 bits per heavy atom. The molecule has 210 valence electrons. The number of aromatic nitrogens is 5. The van der Waals surface area contributed by atoms with Gasteiger partial charge in [0.15, 0.2) is 17.3 Å². The van der Waals surface area contributed by atoms with Crippen LogP contribution in [0, 0.1) is 5.41 Å². The van der Waals surface area contributed by atoms with Crippen LogP contribution in [0.3, 0.4) is 0 Å². The number of rotatable bonds is 10. The summed E-state index contributed by atoms with van der Waals surface area (Å²) < 4.78 is 17.7. The lowest BCUT2D eigenvalue weighted by atomic mass is 9.89. The van der Waals surface area contributed by atoms with Crippen LogP contribution in [0.5, 0.6) is 11.5 Å². The maximum Gasteiger partial charge on any atom is 0.349 e. The van der Waals surface area contributed by atoms with Gasteiger partial charge in [0.2, 0.25) is 0 Å². The van der Waals surface area contributed by atoms with Crippen molar-refractivity contribution in [2.75, 3.05) is 21.3 Å². The quantitative estimate of drug-likeness (QED) is 0.168. The number of aliphatic carboxylic acids is 1. The molecule has 13 nitrogen and oxygen atoms in total. The molecule has 2 aromatic heterocycles. The summed E-state index contributed by atoms with van der Waals surface area (Å²) in [6, 6.07) is 14.5. The van der Waals surface area contributed by atoms with Crippen molar-refractivity contribution < 1.29 is 24.1 Å². The molecule has 0 radical (unpaired) electrons. The minimum absolute atomic E-state index is 0.00533. The van der Waals surface area contributed by atoms with Gasteiger partial charge in [-0.3, -0.25) is 15.2 Å². The molecular weight excluding hydrogens is 518 g/mol. The number of nitrogens with two attached hydrogens (primary N) is 1. The molecule has 0 saturated carbocycles. The monoisotopic (exact) mass is 549 g/mol. The van der Waals surface area contributed by atoms with Gasteiger partial charge in [-0.15, -0.1) is 10.2 Å². The topological polar surface area (TPSA) is 191 Å². The average molecular weight is 550 g/mol. The van der Waals surface area contributed by atoms with E-state index in [0.717, 1.165) is 23.6 Å². The Balaban J connectivity index is 0.00000103. The highest BCUT2D eigenvalue weighted by atomic mass is 16.5. The fourth-order valence-electron chi connectivity index (χ4n) is 4.02. The number of nitrogens with zero attached hydrogens (tertiary/aromatic N) is 4. The third kappa shape index (κ3) is 7.29. The van der Waals surface area contributed by atoms with Crippen LogP contribution in [0.4, 0.5) is 0 Å². The Kier molecular flexibility index (Phi) is 10.1.